The fourth-order valence-corrected chi connectivity index (χ4v) is 5.65. The highest BCUT2D eigenvalue weighted by Gasteiger charge is 2.47. The number of carbonyl (C=O) groups excluding carboxylic acids is 2. The lowest BCUT2D eigenvalue weighted by molar-refractivity contribution is -0.132. The first kappa shape index (κ1) is 20.7. The van der Waals surface area contributed by atoms with Gasteiger partial charge < -0.3 is 14.5 Å². The average Bonchev–Trinajstić information content (AvgIpc) is 3.17. The minimum Gasteiger partial charge on any atom is -0.497 e. The Morgan fingerprint density at radius 2 is 1.70 bits per heavy atom. The molecule has 0 bridgehead atoms. The maximum Gasteiger partial charge on any atom is 0.254 e. The van der Waals surface area contributed by atoms with Gasteiger partial charge in [-0.15, -0.1) is 11.8 Å². The fraction of sp³-hybridized carbons (Fsp3) is 0.391. The number of methoxy groups -OCH3 is 1. The Balaban J connectivity index is 1.38. The second-order valence-electron chi connectivity index (χ2n) is 7.66. The molecule has 0 saturated carbocycles. The van der Waals surface area contributed by atoms with Crippen molar-refractivity contribution in [2.45, 2.75) is 24.1 Å². The molecular weight excluding hydrogens is 403 g/mol. The van der Waals surface area contributed by atoms with Crippen LogP contribution in [0.5, 0.6) is 5.75 Å². The molecule has 0 aliphatic carbocycles. The SMILES string of the molecule is COc1ccc(CC(=O)N2CCC3(CC2)SCCN3C(=O)c2ccc(F)cc2)cc1. The molecule has 2 aliphatic heterocycles. The molecule has 158 valence electrons. The minimum absolute atomic E-state index is 0.0574. The van der Waals surface area contributed by atoms with Gasteiger partial charge in [-0.05, 0) is 54.8 Å². The van der Waals surface area contributed by atoms with Crippen LogP contribution in [-0.4, -0.2) is 59.0 Å². The van der Waals surface area contributed by atoms with E-state index in [-0.39, 0.29) is 22.5 Å². The molecule has 0 aromatic heterocycles. The molecule has 2 fully saturated rings. The highest BCUT2D eigenvalue weighted by Crippen LogP contribution is 2.44. The topological polar surface area (TPSA) is 49.9 Å². The molecule has 2 saturated heterocycles. The molecule has 30 heavy (non-hydrogen) atoms. The molecule has 1 spiro atoms. The number of hydrogen-bond acceptors (Lipinski definition) is 4. The fourth-order valence-electron chi connectivity index (χ4n) is 4.19. The predicted molar refractivity (Wildman–Crippen MR) is 115 cm³/mol. The van der Waals surface area contributed by atoms with E-state index in [1.807, 2.05) is 34.1 Å². The van der Waals surface area contributed by atoms with Crippen LogP contribution in [-0.2, 0) is 11.2 Å². The summed E-state index contributed by atoms with van der Waals surface area (Å²) in [4.78, 5) is 29.4. The third-order valence-corrected chi connectivity index (χ3v) is 7.48. The summed E-state index contributed by atoms with van der Waals surface area (Å²) in [5.41, 5.74) is 1.47. The summed E-state index contributed by atoms with van der Waals surface area (Å²) in [7, 11) is 1.62. The Kier molecular flexibility index (Phi) is 5.99. The Bertz CT molecular complexity index is 909. The van der Waals surface area contributed by atoms with Crippen molar-refractivity contribution in [3.63, 3.8) is 0 Å². The molecule has 4 rings (SSSR count). The summed E-state index contributed by atoms with van der Waals surface area (Å²) in [5, 5.41) is 0. The molecule has 0 unspecified atom stereocenters. The van der Waals surface area contributed by atoms with E-state index in [4.69, 9.17) is 4.74 Å². The Morgan fingerprint density at radius 1 is 1.03 bits per heavy atom. The molecule has 0 atom stereocenters. The number of piperidine rings is 1. The van der Waals surface area contributed by atoms with Gasteiger partial charge in [-0.25, -0.2) is 4.39 Å². The molecule has 2 aliphatic rings. The van der Waals surface area contributed by atoms with E-state index >= 15 is 0 Å². The highest BCUT2D eigenvalue weighted by atomic mass is 32.2. The number of ether oxygens (including phenoxy) is 1. The molecule has 2 heterocycles. The molecule has 0 radical (unpaired) electrons. The minimum atomic E-state index is -0.347. The van der Waals surface area contributed by atoms with E-state index in [1.54, 1.807) is 31.0 Å². The van der Waals surface area contributed by atoms with Crippen molar-refractivity contribution in [3.8, 4) is 5.75 Å². The number of nitrogens with zero attached hydrogens (tertiary/aromatic N) is 2. The number of carbonyl (C=O) groups is 2. The number of likely N-dealkylation sites (tertiary alicyclic amines) is 1. The van der Waals surface area contributed by atoms with Crippen molar-refractivity contribution >= 4 is 23.6 Å². The van der Waals surface area contributed by atoms with Crippen LogP contribution >= 0.6 is 11.8 Å². The van der Waals surface area contributed by atoms with E-state index in [1.165, 1.54) is 12.1 Å². The summed E-state index contributed by atoms with van der Waals surface area (Å²) in [6.45, 7) is 1.95. The summed E-state index contributed by atoms with van der Waals surface area (Å²) in [6, 6.07) is 13.3. The molecule has 7 heteroatoms. The monoisotopic (exact) mass is 428 g/mol. The van der Waals surface area contributed by atoms with Crippen LogP contribution in [0, 0.1) is 5.82 Å². The van der Waals surface area contributed by atoms with Crippen molar-refractivity contribution in [1.29, 1.82) is 0 Å². The lowest BCUT2D eigenvalue weighted by atomic mass is 10.00. The summed E-state index contributed by atoms with van der Waals surface area (Å²) < 4.78 is 18.4. The largest absolute Gasteiger partial charge is 0.497 e. The van der Waals surface area contributed by atoms with Gasteiger partial charge in [0.1, 0.15) is 11.6 Å². The van der Waals surface area contributed by atoms with Gasteiger partial charge in [0.15, 0.2) is 0 Å². The third kappa shape index (κ3) is 4.17. The summed E-state index contributed by atoms with van der Waals surface area (Å²) in [6.07, 6.45) is 1.86. The van der Waals surface area contributed by atoms with Gasteiger partial charge in [-0.2, -0.15) is 0 Å². The summed E-state index contributed by atoms with van der Waals surface area (Å²) >= 11 is 1.80. The van der Waals surface area contributed by atoms with Gasteiger partial charge in [0.25, 0.3) is 5.91 Å². The number of benzene rings is 2. The van der Waals surface area contributed by atoms with Crippen molar-refractivity contribution < 1.29 is 18.7 Å². The van der Waals surface area contributed by atoms with Crippen molar-refractivity contribution in [3.05, 3.63) is 65.5 Å². The maximum absolute atomic E-state index is 13.2. The van der Waals surface area contributed by atoms with Crippen LogP contribution in [0.15, 0.2) is 48.5 Å². The lowest BCUT2D eigenvalue weighted by Gasteiger charge is -2.44. The first-order valence-electron chi connectivity index (χ1n) is 10.1. The quantitative estimate of drug-likeness (QED) is 0.747. The molecule has 5 nitrogen and oxygen atoms in total. The average molecular weight is 429 g/mol. The molecule has 2 aromatic carbocycles. The smallest absolute Gasteiger partial charge is 0.254 e. The number of amides is 2. The first-order valence-corrected chi connectivity index (χ1v) is 11.1. The second-order valence-corrected chi connectivity index (χ2v) is 9.12. The predicted octanol–water partition coefficient (Wildman–Crippen LogP) is 3.58. The summed E-state index contributed by atoms with van der Waals surface area (Å²) in [5.74, 6) is 1.36. The molecular formula is C23H25FN2O3S. The number of thioether (sulfide) groups is 1. The van der Waals surface area contributed by atoms with Gasteiger partial charge in [-0.1, -0.05) is 12.1 Å². The van der Waals surface area contributed by atoms with Crippen LogP contribution < -0.4 is 4.74 Å². The van der Waals surface area contributed by atoms with Crippen molar-refractivity contribution in [2.75, 3.05) is 32.5 Å². The van der Waals surface area contributed by atoms with E-state index in [0.717, 1.165) is 29.9 Å². The number of rotatable bonds is 4. The molecule has 0 N–H and O–H groups in total. The first-order chi connectivity index (χ1) is 14.5. The number of halogens is 1. The zero-order valence-electron chi connectivity index (χ0n) is 17.0. The van der Waals surface area contributed by atoms with Gasteiger partial charge in [0, 0.05) is 31.0 Å². The Labute approximate surface area is 180 Å². The normalized spacial score (nSPS) is 17.9. The zero-order valence-corrected chi connectivity index (χ0v) is 17.8. The van der Waals surface area contributed by atoms with Gasteiger partial charge in [-0.3, -0.25) is 9.59 Å². The Hall–Kier alpha value is -2.54. The maximum atomic E-state index is 13.2. The van der Waals surface area contributed by atoms with E-state index in [0.29, 0.717) is 31.6 Å². The van der Waals surface area contributed by atoms with Gasteiger partial charge in [0.05, 0.1) is 18.4 Å². The second kappa shape index (κ2) is 8.68. The van der Waals surface area contributed by atoms with Gasteiger partial charge in [0.2, 0.25) is 5.91 Å². The van der Waals surface area contributed by atoms with Gasteiger partial charge >= 0.3 is 0 Å². The van der Waals surface area contributed by atoms with E-state index in [9.17, 15) is 14.0 Å². The standard InChI is InChI=1S/C23H25FN2O3S/c1-29-20-8-2-17(3-9-20)16-21(27)25-12-10-23(11-13-25)26(14-15-30-23)22(28)18-4-6-19(24)7-5-18/h2-9H,10-16H2,1H3. The lowest BCUT2D eigenvalue weighted by Crippen LogP contribution is -2.53. The van der Waals surface area contributed by atoms with Crippen LogP contribution in [0.3, 0.4) is 0 Å². The highest BCUT2D eigenvalue weighted by molar-refractivity contribution is 8.00. The van der Waals surface area contributed by atoms with Crippen molar-refractivity contribution in [1.82, 2.24) is 9.80 Å². The van der Waals surface area contributed by atoms with Crippen LogP contribution in [0.2, 0.25) is 0 Å². The van der Waals surface area contributed by atoms with Crippen LogP contribution in [0.1, 0.15) is 28.8 Å². The Morgan fingerprint density at radius 3 is 2.33 bits per heavy atom. The zero-order chi connectivity index (χ0) is 21.1. The molecule has 2 aromatic rings. The third-order valence-electron chi connectivity index (χ3n) is 5.93. The van der Waals surface area contributed by atoms with E-state index < -0.39 is 0 Å². The van der Waals surface area contributed by atoms with Crippen molar-refractivity contribution in [2.24, 2.45) is 0 Å². The molecule has 2 amide bonds. The van der Waals surface area contributed by atoms with Crippen LogP contribution in [0.25, 0.3) is 0 Å². The van der Waals surface area contributed by atoms with Crippen LogP contribution in [0.4, 0.5) is 4.39 Å². The van der Waals surface area contributed by atoms with E-state index in [2.05, 4.69) is 0 Å². The number of hydrogen-bond donors (Lipinski definition) is 0.